The number of nitrogens with zero attached hydrogens (tertiary/aromatic N) is 2. The highest BCUT2D eigenvalue weighted by Crippen LogP contribution is 2.21. The predicted molar refractivity (Wildman–Crippen MR) is 108 cm³/mol. The van der Waals surface area contributed by atoms with Crippen molar-refractivity contribution in [1.82, 2.24) is 14.9 Å². The van der Waals surface area contributed by atoms with E-state index in [1.807, 2.05) is 36.4 Å². The van der Waals surface area contributed by atoms with Gasteiger partial charge in [-0.05, 0) is 52.7 Å². The van der Waals surface area contributed by atoms with Gasteiger partial charge in [0.05, 0.1) is 24.3 Å². The van der Waals surface area contributed by atoms with Gasteiger partial charge in [0.25, 0.3) is 5.56 Å². The lowest BCUT2D eigenvalue weighted by Crippen LogP contribution is -2.32. The summed E-state index contributed by atoms with van der Waals surface area (Å²) in [6.07, 6.45) is 1.30. The van der Waals surface area contributed by atoms with Gasteiger partial charge in [-0.15, -0.1) is 0 Å². The van der Waals surface area contributed by atoms with E-state index in [1.54, 1.807) is 7.11 Å². The van der Waals surface area contributed by atoms with Gasteiger partial charge in [0.1, 0.15) is 18.1 Å². The molecule has 3 aromatic carbocycles. The number of carbonyl (C=O) groups is 1. The van der Waals surface area contributed by atoms with Crippen molar-refractivity contribution < 1.29 is 13.9 Å². The fourth-order valence-corrected chi connectivity index (χ4v) is 3.17. The molecule has 1 heterocycles. The van der Waals surface area contributed by atoms with Gasteiger partial charge in [-0.25, -0.2) is 9.37 Å². The molecule has 0 radical (unpaired) electrons. The van der Waals surface area contributed by atoms with Gasteiger partial charge in [-0.2, -0.15) is 0 Å². The Morgan fingerprint density at radius 1 is 1.10 bits per heavy atom. The van der Waals surface area contributed by atoms with Crippen LogP contribution >= 0.6 is 0 Å². The molecule has 29 heavy (non-hydrogen) atoms. The number of benzene rings is 3. The second kappa shape index (κ2) is 7.71. The molecule has 6 nitrogen and oxygen atoms in total. The number of carbonyl (C=O) groups excluding carboxylic acids is 1. The molecule has 0 atom stereocenters. The van der Waals surface area contributed by atoms with Crippen molar-refractivity contribution >= 4 is 27.6 Å². The number of hydrogen-bond acceptors (Lipinski definition) is 4. The normalized spacial score (nSPS) is 11.0. The van der Waals surface area contributed by atoms with Crippen LogP contribution in [0.5, 0.6) is 5.75 Å². The van der Waals surface area contributed by atoms with Gasteiger partial charge >= 0.3 is 0 Å². The summed E-state index contributed by atoms with van der Waals surface area (Å²) in [7, 11) is 1.62. The number of halogens is 1. The summed E-state index contributed by atoms with van der Waals surface area (Å²) in [5.74, 6) is -0.0696. The molecule has 0 bridgehead atoms. The highest BCUT2D eigenvalue weighted by Gasteiger charge is 2.09. The monoisotopic (exact) mass is 391 g/mol. The molecule has 0 saturated carbocycles. The summed E-state index contributed by atoms with van der Waals surface area (Å²) in [5, 5.41) is 5.02. The first-order valence-electron chi connectivity index (χ1n) is 9.01. The molecule has 1 N–H and O–H groups in total. The second-order valence-corrected chi connectivity index (χ2v) is 6.66. The molecule has 0 unspecified atom stereocenters. The largest absolute Gasteiger partial charge is 0.497 e. The molecule has 146 valence electrons. The molecule has 0 saturated heterocycles. The van der Waals surface area contributed by atoms with Crippen molar-refractivity contribution in [2.45, 2.75) is 13.1 Å². The van der Waals surface area contributed by atoms with Crippen molar-refractivity contribution in [3.8, 4) is 5.75 Å². The third-order valence-electron chi connectivity index (χ3n) is 4.70. The smallest absolute Gasteiger partial charge is 0.261 e. The van der Waals surface area contributed by atoms with Crippen LogP contribution < -0.4 is 15.6 Å². The molecule has 1 aromatic heterocycles. The number of fused-ring (bicyclic) bond motifs is 2. The fraction of sp³-hybridized carbons (Fsp3) is 0.136. The molecule has 0 spiro atoms. The van der Waals surface area contributed by atoms with Crippen LogP contribution in [0, 0.1) is 5.82 Å². The molecule has 0 fully saturated rings. The molecular formula is C22H18FN3O3. The lowest BCUT2D eigenvalue weighted by atomic mass is 10.1. The third-order valence-corrected chi connectivity index (χ3v) is 4.70. The number of nitrogens with one attached hydrogen (secondary N) is 1. The summed E-state index contributed by atoms with van der Waals surface area (Å²) >= 11 is 0. The SMILES string of the molecule is COc1ccc2cc(CNC(=O)Cn3cnc4ccc(F)cc4c3=O)ccc2c1. The first kappa shape index (κ1) is 18.6. The van der Waals surface area contributed by atoms with Crippen LogP contribution in [0.15, 0.2) is 65.7 Å². The minimum Gasteiger partial charge on any atom is -0.497 e. The lowest BCUT2D eigenvalue weighted by Gasteiger charge is -2.09. The number of ether oxygens (including phenoxy) is 1. The average Bonchev–Trinajstić information content (AvgIpc) is 2.74. The Balaban J connectivity index is 1.46. The van der Waals surface area contributed by atoms with Gasteiger partial charge in [0.2, 0.25) is 5.91 Å². The number of amides is 1. The highest BCUT2D eigenvalue weighted by atomic mass is 19.1. The first-order chi connectivity index (χ1) is 14.0. The molecule has 0 aliphatic rings. The lowest BCUT2D eigenvalue weighted by molar-refractivity contribution is -0.121. The summed E-state index contributed by atoms with van der Waals surface area (Å²) < 4.78 is 19.8. The molecule has 0 aliphatic heterocycles. The van der Waals surface area contributed by atoms with Crippen molar-refractivity contribution in [2.75, 3.05) is 7.11 Å². The van der Waals surface area contributed by atoms with Gasteiger partial charge in [-0.1, -0.05) is 18.2 Å². The van der Waals surface area contributed by atoms with Crippen LogP contribution in [0.4, 0.5) is 4.39 Å². The van der Waals surface area contributed by atoms with Crippen LogP contribution in [0.1, 0.15) is 5.56 Å². The molecular weight excluding hydrogens is 373 g/mol. The van der Waals surface area contributed by atoms with Crippen LogP contribution in [-0.2, 0) is 17.9 Å². The van der Waals surface area contributed by atoms with Crippen LogP contribution in [0.25, 0.3) is 21.7 Å². The fourth-order valence-electron chi connectivity index (χ4n) is 3.17. The second-order valence-electron chi connectivity index (χ2n) is 6.66. The summed E-state index contributed by atoms with van der Waals surface area (Å²) in [6.45, 7) is 0.133. The Morgan fingerprint density at radius 2 is 1.90 bits per heavy atom. The molecule has 1 amide bonds. The van der Waals surface area contributed by atoms with E-state index in [9.17, 15) is 14.0 Å². The topological polar surface area (TPSA) is 73.2 Å². The van der Waals surface area contributed by atoms with Gasteiger partial charge in [0.15, 0.2) is 0 Å². The number of aromatic nitrogens is 2. The van der Waals surface area contributed by atoms with Crippen LogP contribution in [-0.4, -0.2) is 22.6 Å². The molecule has 4 aromatic rings. The summed E-state index contributed by atoms with van der Waals surface area (Å²) in [6, 6.07) is 15.5. The van der Waals surface area contributed by atoms with E-state index >= 15 is 0 Å². The van der Waals surface area contributed by atoms with Crippen molar-refractivity contribution in [1.29, 1.82) is 0 Å². The van der Waals surface area contributed by atoms with Gasteiger partial charge in [-0.3, -0.25) is 14.2 Å². The molecule has 0 aliphatic carbocycles. The Labute approximate surface area is 165 Å². The Bertz CT molecular complexity index is 1280. The van der Waals surface area contributed by atoms with Crippen LogP contribution in [0.3, 0.4) is 0 Å². The van der Waals surface area contributed by atoms with E-state index < -0.39 is 11.4 Å². The zero-order valence-corrected chi connectivity index (χ0v) is 15.7. The maximum atomic E-state index is 13.4. The average molecular weight is 391 g/mol. The van der Waals surface area contributed by atoms with Crippen LogP contribution in [0.2, 0.25) is 0 Å². The predicted octanol–water partition coefficient (Wildman–Crippen LogP) is 3.01. The molecule has 7 heteroatoms. The highest BCUT2D eigenvalue weighted by molar-refractivity contribution is 5.85. The zero-order chi connectivity index (χ0) is 20.4. The van der Waals surface area contributed by atoms with E-state index in [4.69, 9.17) is 4.74 Å². The van der Waals surface area contributed by atoms with Gasteiger partial charge < -0.3 is 10.1 Å². The first-order valence-corrected chi connectivity index (χ1v) is 9.01. The number of rotatable bonds is 5. The Morgan fingerprint density at radius 3 is 2.72 bits per heavy atom. The van der Waals surface area contributed by atoms with Crippen molar-refractivity contribution in [3.63, 3.8) is 0 Å². The maximum Gasteiger partial charge on any atom is 0.261 e. The van der Waals surface area contributed by atoms with E-state index in [0.717, 1.165) is 28.2 Å². The zero-order valence-electron chi connectivity index (χ0n) is 15.7. The minimum atomic E-state index is -0.521. The summed E-state index contributed by atoms with van der Waals surface area (Å²) in [5.41, 5.74) is 0.868. The summed E-state index contributed by atoms with van der Waals surface area (Å²) in [4.78, 5) is 28.9. The Hall–Kier alpha value is -3.74. The van der Waals surface area contributed by atoms with Gasteiger partial charge in [0, 0.05) is 6.54 Å². The van der Waals surface area contributed by atoms with E-state index in [0.29, 0.717) is 12.1 Å². The molecule has 4 rings (SSSR count). The quantitative estimate of drug-likeness (QED) is 0.568. The van der Waals surface area contributed by atoms with E-state index in [-0.39, 0.29) is 17.8 Å². The van der Waals surface area contributed by atoms with Crippen molar-refractivity contribution in [2.24, 2.45) is 0 Å². The maximum absolute atomic E-state index is 13.4. The van der Waals surface area contributed by atoms with Crippen molar-refractivity contribution in [3.05, 3.63) is 82.7 Å². The number of hydrogen-bond donors (Lipinski definition) is 1. The van der Waals surface area contributed by atoms with E-state index in [2.05, 4.69) is 10.3 Å². The third kappa shape index (κ3) is 3.94. The van der Waals surface area contributed by atoms with E-state index in [1.165, 1.54) is 23.0 Å². The standard InChI is InChI=1S/C22H18FN3O3/c1-29-18-6-4-15-8-14(2-3-16(15)9-18)11-24-21(27)12-26-13-25-20-7-5-17(23)10-19(20)22(26)28/h2-10,13H,11-12H2,1H3,(H,24,27). The Kier molecular flexibility index (Phi) is 4.95. The minimum absolute atomic E-state index is 0.144. The number of methoxy groups -OCH3 is 1.